The Morgan fingerprint density at radius 1 is 0.202 bits per heavy atom. The number of benzene rings is 7. The van der Waals surface area contributed by atoms with Crippen LogP contribution in [0.2, 0.25) is 0 Å². The molecule has 0 radical (unpaired) electrons. The zero-order valence-corrected chi connectivity index (χ0v) is 73.3. The monoisotopic (exact) mass is 1370 g/mol. The van der Waals surface area contributed by atoms with Gasteiger partial charge in [-0.15, -0.1) is 0 Å². The Balaban J connectivity index is -0.0000000827. The third-order valence-corrected chi connectivity index (χ3v) is 11.7. The zero-order chi connectivity index (χ0) is 78.3. The molecule has 99 heavy (non-hydrogen) atoms. The number of hydrogen-bond acceptors (Lipinski definition) is 0. The molecule has 0 aliphatic heterocycles. The van der Waals surface area contributed by atoms with Crippen molar-refractivity contribution in [3.8, 4) is 0 Å². The van der Waals surface area contributed by atoms with Crippen molar-refractivity contribution in [2.75, 3.05) is 0 Å². The molecule has 0 N–H and O–H groups in total. The van der Waals surface area contributed by atoms with Crippen LogP contribution >= 0.6 is 0 Å². The summed E-state index contributed by atoms with van der Waals surface area (Å²) in [5.41, 5.74) is 8.40. The van der Waals surface area contributed by atoms with Gasteiger partial charge in [-0.1, -0.05) is 563 Å². The number of hydrogen-bond donors (Lipinski definition) is 0. The lowest BCUT2D eigenvalue weighted by atomic mass is 10.1. The molecule has 4 aliphatic rings. The molecule has 0 amide bonds. The SMILES string of the molecule is C1=Cc2ccccc2C1.C1CCCC1.C1CCCC1.C1CCCC1.CC.CC.CC.CC.CC.CC.CC.CC.CC.CCC.CCC.CCC.CCC.CCC.CCC.CCc1ccccc1.CCc1ccccc1.c1ccc(Cc2ccccc2)cc1.c1ccc2ccccc2c1. The van der Waals surface area contributed by atoms with Crippen LogP contribution in [-0.2, 0) is 25.7 Å². The van der Waals surface area contributed by atoms with Gasteiger partial charge in [0.15, 0.2) is 0 Å². The van der Waals surface area contributed by atoms with Crippen LogP contribution in [0.15, 0.2) is 200 Å². The van der Waals surface area contributed by atoms with E-state index in [1.165, 1.54) is 179 Å². The lowest BCUT2D eigenvalue weighted by Crippen LogP contribution is -1.85. The highest BCUT2D eigenvalue weighted by Gasteiger charge is 2.01. The fraction of sp³-hybridized carbons (Fsp3) is 0.576. The number of rotatable bonds is 4. The van der Waals surface area contributed by atoms with Crippen LogP contribution in [0.4, 0.5) is 0 Å². The lowest BCUT2D eigenvalue weighted by Gasteiger charge is -2.00. The summed E-state index contributed by atoms with van der Waals surface area (Å²) >= 11 is 0. The quantitative estimate of drug-likeness (QED) is 0.165. The standard InChI is InChI=1S/C13H12.C10H8.C9H8.2C8H10.3C5H10.6C3H8.9C2H6/c1-3-7-12(8-4-1)11-13-9-5-2-6-10-13;1-2-6-10-8-4-3-7-9(10)5-1;1-2-5-9-7-3-6-8(9)4-1;2*1-2-8-6-4-3-5-7-8;3*1-2-4-5-3-1;6*1-3-2;9*1-2/h1-10H,11H2;1-8H;1-6H,7H2;2*3-7H,2H2,1H3;3*1-5H2;6*3H2,1-2H3;9*1-2H3. The highest BCUT2D eigenvalue weighted by molar-refractivity contribution is 5.82. The fourth-order valence-electron chi connectivity index (χ4n) is 7.83. The van der Waals surface area contributed by atoms with Gasteiger partial charge in [0.05, 0.1) is 0 Å². The van der Waals surface area contributed by atoms with Gasteiger partial charge >= 0.3 is 0 Å². The van der Waals surface area contributed by atoms with Gasteiger partial charge in [0, 0.05) is 0 Å². The average Bonchev–Trinajstić information content (AvgIpc) is 1.47. The van der Waals surface area contributed by atoms with E-state index < -0.39 is 0 Å². The predicted octanol–water partition coefficient (Wildman–Crippen LogP) is 36.5. The van der Waals surface area contributed by atoms with E-state index in [-0.39, 0.29) is 0 Å². The largest absolute Gasteiger partial charge is 0.0795 e. The molecule has 0 spiro atoms. The summed E-state index contributed by atoms with van der Waals surface area (Å²) in [6.45, 7) is 65.8. The minimum atomic E-state index is 1.03. The van der Waals surface area contributed by atoms with Gasteiger partial charge in [-0.2, -0.15) is 0 Å². The van der Waals surface area contributed by atoms with Crippen molar-refractivity contribution in [1.82, 2.24) is 0 Å². The summed E-state index contributed by atoms with van der Waals surface area (Å²) < 4.78 is 0. The van der Waals surface area contributed by atoms with Crippen LogP contribution < -0.4 is 0 Å². The van der Waals surface area contributed by atoms with Gasteiger partial charge < -0.3 is 0 Å². The van der Waals surface area contributed by atoms with Crippen molar-refractivity contribution in [3.63, 3.8) is 0 Å². The summed E-state index contributed by atoms with van der Waals surface area (Å²) in [4.78, 5) is 0. The molecule has 0 nitrogen and oxygen atoms in total. The molecular weight excluding hydrogens is 1190 g/mol. The maximum absolute atomic E-state index is 2.20. The van der Waals surface area contributed by atoms with E-state index >= 15 is 0 Å². The first kappa shape index (κ1) is 120. The highest BCUT2D eigenvalue weighted by Crippen LogP contribution is 2.18. The number of allylic oxidation sites excluding steroid dienone is 1. The van der Waals surface area contributed by atoms with Crippen LogP contribution in [0.5, 0.6) is 0 Å². The summed E-state index contributed by atoms with van der Waals surface area (Å²) in [6, 6.07) is 67.2. The predicted molar refractivity (Wildman–Crippen MR) is 478 cm³/mol. The normalized spacial score (nSPS) is 10.3. The van der Waals surface area contributed by atoms with E-state index in [4.69, 9.17) is 0 Å². The van der Waals surface area contributed by atoms with Crippen molar-refractivity contribution in [2.24, 2.45) is 0 Å². The second-order valence-corrected chi connectivity index (χ2v) is 21.0. The molecule has 0 heteroatoms. The smallest absolute Gasteiger partial charge is 0.00258 e. The van der Waals surface area contributed by atoms with Crippen LogP contribution in [-0.4, -0.2) is 0 Å². The molecule has 4 aliphatic carbocycles. The van der Waals surface area contributed by atoms with Crippen LogP contribution in [0.1, 0.15) is 390 Å². The number of aryl methyl sites for hydroxylation is 2. The van der Waals surface area contributed by atoms with E-state index in [0.29, 0.717) is 0 Å². The van der Waals surface area contributed by atoms with Gasteiger partial charge in [0.1, 0.15) is 0 Å². The molecule has 0 heterocycles. The van der Waals surface area contributed by atoms with Crippen LogP contribution in [0.3, 0.4) is 0 Å². The van der Waals surface area contributed by atoms with Crippen molar-refractivity contribution in [1.29, 1.82) is 0 Å². The summed E-state index contributed by atoms with van der Waals surface area (Å²) in [6.07, 6.45) is 38.8. The Hall–Kier alpha value is -5.46. The lowest BCUT2D eigenvalue weighted by molar-refractivity contribution is 0.886. The summed E-state index contributed by atoms with van der Waals surface area (Å²) in [7, 11) is 0. The second-order valence-electron chi connectivity index (χ2n) is 21.0. The first-order chi connectivity index (χ1) is 48.7. The molecule has 0 unspecified atom stereocenters. The maximum Gasteiger partial charge on any atom is -0.00258 e. The molecule has 7 aromatic carbocycles. The van der Waals surface area contributed by atoms with Gasteiger partial charge in [-0.05, 0) is 69.8 Å². The van der Waals surface area contributed by atoms with Gasteiger partial charge in [-0.3, -0.25) is 0 Å². The van der Waals surface area contributed by atoms with Crippen LogP contribution in [0, 0.1) is 0 Å². The third kappa shape index (κ3) is 106. The van der Waals surface area contributed by atoms with Gasteiger partial charge in [0.2, 0.25) is 0 Å². The molecule has 3 fully saturated rings. The van der Waals surface area contributed by atoms with Crippen LogP contribution in [0.25, 0.3) is 16.8 Å². The third-order valence-electron chi connectivity index (χ3n) is 11.7. The van der Waals surface area contributed by atoms with Gasteiger partial charge in [0.25, 0.3) is 0 Å². The molecule has 3 saturated carbocycles. The molecule has 7 aromatic rings. The van der Waals surface area contributed by atoms with E-state index in [1.807, 2.05) is 137 Å². The Morgan fingerprint density at radius 3 is 0.556 bits per heavy atom. The molecule has 0 aromatic heterocycles. The minimum absolute atomic E-state index is 1.03. The maximum atomic E-state index is 2.20. The van der Waals surface area contributed by atoms with Gasteiger partial charge in [-0.25, -0.2) is 0 Å². The average molecular weight is 1370 g/mol. The van der Waals surface area contributed by atoms with E-state index in [9.17, 15) is 0 Å². The van der Waals surface area contributed by atoms with Crippen molar-refractivity contribution in [3.05, 3.63) is 234 Å². The molecule has 0 bridgehead atoms. The van der Waals surface area contributed by atoms with E-state index in [0.717, 1.165) is 25.7 Å². The summed E-state index contributed by atoms with van der Waals surface area (Å²) in [5.74, 6) is 0. The Kier molecular flexibility index (Phi) is 157. The molecule has 0 atom stereocenters. The van der Waals surface area contributed by atoms with Crippen molar-refractivity contribution >= 4 is 16.8 Å². The fourth-order valence-corrected chi connectivity index (χ4v) is 7.83. The molecule has 11 rings (SSSR count). The first-order valence-corrected chi connectivity index (χ1v) is 42.1. The second kappa shape index (κ2) is 129. The number of fused-ring (bicyclic) bond motifs is 2. The molecular formula is C99H180. The molecule has 0 saturated heterocycles. The highest BCUT2D eigenvalue weighted by atomic mass is 14.1. The Morgan fingerprint density at radius 2 is 0.374 bits per heavy atom. The minimum Gasteiger partial charge on any atom is -0.0795 e. The van der Waals surface area contributed by atoms with E-state index in [1.54, 1.807) is 0 Å². The van der Waals surface area contributed by atoms with Crippen molar-refractivity contribution < 1.29 is 0 Å². The van der Waals surface area contributed by atoms with E-state index in [2.05, 4.69) is 291 Å². The summed E-state index contributed by atoms with van der Waals surface area (Å²) in [5, 5.41) is 2.62. The van der Waals surface area contributed by atoms with Crippen molar-refractivity contribution in [2.45, 2.75) is 382 Å². The first-order valence-electron chi connectivity index (χ1n) is 42.1. The Bertz CT molecular complexity index is 2000. The molecule has 576 valence electrons. The topological polar surface area (TPSA) is 0 Å². The Labute approximate surface area is 628 Å². The zero-order valence-electron chi connectivity index (χ0n) is 73.3.